The molecule has 0 saturated heterocycles. The average Bonchev–Trinajstić information content (AvgIpc) is 2.73. The second-order valence-electron chi connectivity index (χ2n) is 7.32. The minimum atomic E-state index is -1.79. The van der Waals surface area contributed by atoms with E-state index in [0.717, 1.165) is 25.7 Å². The van der Waals surface area contributed by atoms with Crippen molar-refractivity contribution >= 4 is 0 Å². The number of hydrogen-bond acceptors (Lipinski definition) is 2. The number of hydrogen-bond donors (Lipinski definition) is 1. The third kappa shape index (κ3) is 5.36. The highest BCUT2D eigenvalue weighted by atomic mass is 19.2. The number of rotatable bonds is 8. The maximum Gasteiger partial charge on any atom is 0.161 e. The van der Waals surface area contributed by atoms with Gasteiger partial charge in [-0.25, -0.2) is 8.78 Å². The highest BCUT2D eigenvalue weighted by Crippen LogP contribution is 2.37. The van der Waals surface area contributed by atoms with E-state index in [4.69, 9.17) is 9.84 Å². The second-order valence-corrected chi connectivity index (χ2v) is 7.32. The van der Waals surface area contributed by atoms with Gasteiger partial charge in [-0.2, -0.15) is 0 Å². The summed E-state index contributed by atoms with van der Waals surface area (Å²) in [5.41, 5.74) is 1.99. The molecule has 2 aromatic rings. The Morgan fingerprint density at radius 1 is 0.889 bits per heavy atom. The molecular formula is C23H28F2O2. The molecule has 2 aromatic carbocycles. The Morgan fingerprint density at radius 2 is 1.48 bits per heavy atom. The minimum Gasteiger partial charge on any atom is -0.396 e. The van der Waals surface area contributed by atoms with E-state index in [9.17, 15) is 8.78 Å². The second kappa shape index (κ2) is 9.95. The molecule has 4 heteroatoms. The van der Waals surface area contributed by atoms with Gasteiger partial charge in [0.1, 0.15) is 12.3 Å². The Hall–Kier alpha value is -1.78. The van der Waals surface area contributed by atoms with Crippen LogP contribution in [-0.4, -0.2) is 30.2 Å². The van der Waals surface area contributed by atoms with Gasteiger partial charge in [-0.3, -0.25) is 0 Å². The maximum atomic E-state index is 14.8. The molecule has 1 fully saturated rings. The molecule has 0 amide bonds. The van der Waals surface area contributed by atoms with Gasteiger partial charge in [-0.15, -0.1) is 0 Å². The molecule has 27 heavy (non-hydrogen) atoms. The van der Waals surface area contributed by atoms with Crippen molar-refractivity contribution in [2.24, 2.45) is 0 Å². The lowest BCUT2D eigenvalue weighted by Gasteiger charge is -2.33. The van der Waals surface area contributed by atoms with Gasteiger partial charge in [0.2, 0.25) is 0 Å². The average molecular weight is 374 g/mol. The molecule has 1 saturated carbocycles. The summed E-state index contributed by atoms with van der Waals surface area (Å²) in [4.78, 5) is 0. The number of halogens is 2. The third-order valence-corrected chi connectivity index (χ3v) is 5.45. The predicted molar refractivity (Wildman–Crippen MR) is 103 cm³/mol. The van der Waals surface area contributed by atoms with Gasteiger partial charge in [-0.1, -0.05) is 60.7 Å². The fraction of sp³-hybridized carbons (Fsp3) is 0.478. The zero-order valence-corrected chi connectivity index (χ0v) is 15.5. The molecule has 2 nitrogen and oxygen atoms in total. The number of benzene rings is 2. The van der Waals surface area contributed by atoms with Crippen molar-refractivity contribution in [3.8, 4) is 0 Å². The first-order chi connectivity index (χ1) is 13.2. The van der Waals surface area contributed by atoms with Crippen LogP contribution in [-0.2, 0) is 4.74 Å². The van der Waals surface area contributed by atoms with E-state index in [1.165, 1.54) is 5.56 Å². The summed E-state index contributed by atoms with van der Waals surface area (Å²) < 4.78 is 35.1. The summed E-state index contributed by atoms with van der Waals surface area (Å²) >= 11 is 0. The molecule has 0 heterocycles. The SMILES string of the molecule is OCCC(F)C(F)C(OC1CCC(c2ccccc2)CC1)c1ccccc1. The van der Waals surface area contributed by atoms with Gasteiger partial charge in [-0.05, 0) is 42.7 Å². The molecule has 3 unspecified atom stereocenters. The number of ether oxygens (including phenoxy) is 1. The standard InChI is InChI=1S/C23H28F2O2/c24-21(15-16-26)22(25)23(19-9-5-2-6-10-19)27-20-13-11-18(12-14-20)17-7-3-1-4-8-17/h1-10,18,20-23,26H,11-16H2. The Labute approximate surface area is 160 Å². The zero-order valence-electron chi connectivity index (χ0n) is 15.5. The van der Waals surface area contributed by atoms with Crippen LogP contribution >= 0.6 is 0 Å². The van der Waals surface area contributed by atoms with Crippen LogP contribution in [0.2, 0.25) is 0 Å². The summed E-state index contributed by atoms with van der Waals surface area (Å²) in [7, 11) is 0. The monoisotopic (exact) mass is 374 g/mol. The first-order valence-electron chi connectivity index (χ1n) is 9.83. The highest BCUT2D eigenvalue weighted by Gasteiger charge is 2.34. The molecule has 1 aliphatic rings. The molecule has 146 valence electrons. The summed E-state index contributed by atoms with van der Waals surface area (Å²) in [5, 5.41) is 8.95. The number of alkyl halides is 2. The Kier molecular flexibility index (Phi) is 7.36. The summed E-state index contributed by atoms with van der Waals surface area (Å²) in [5.74, 6) is 0.505. The van der Waals surface area contributed by atoms with Crippen molar-refractivity contribution in [1.29, 1.82) is 0 Å². The highest BCUT2D eigenvalue weighted by molar-refractivity contribution is 5.21. The van der Waals surface area contributed by atoms with Gasteiger partial charge in [0.05, 0.1) is 6.10 Å². The molecular weight excluding hydrogens is 346 g/mol. The van der Waals surface area contributed by atoms with Crippen LogP contribution in [0.4, 0.5) is 8.78 Å². The lowest BCUT2D eigenvalue weighted by molar-refractivity contribution is -0.0877. The van der Waals surface area contributed by atoms with Crippen molar-refractivity contribution in [2.45, 2.75) is 62.6 Å². The van der Waals surface area contributed by atoms with Gasteiger partial charge < -0.3 is 9.84 Å². The van der Waals surface area contributed by atoms with E-state index in [1.54, 1.807) is 12.1 Å². The molecule has 3 rings (SSSR count). The normalized spacial score (nSPS) is 23.5. The Morgan fingerprint density at radius 3 is 2.07 bits per heavy atom. The van der Waals surface area contributed by atoms with Gasteiger partial charge in [0, 0.05) is 13.0 Å². The van der Waals surface area contributed by atoms with Crippen molar-refractivity contribution in [3.63, 3.8) is 0 Å². The van der Waals surface area contributed by atoms with E-state index >= 15 is 0 Å². The molecule has 1 aliphatic carbocycles. The van der Waals surface area contributed by atoms with E-state index in [-0.39, 0.29) is 19.1 Å². The van der Waals surface area contributed by atoms with E-state index in [2.05, 4.69) is 24.3 Å². The molecule has 1 N–H and O–H groups in total. The van der Waals surface area contributed by atoms with Crippen LogP contribution in [0.5, 0.6) is 0 Å². The largest absolute Gasteiger partial charge is 0.396 e. The van der Waals surface area contributed by atoms with Crippen LogP contribution in [0.25, 0.3) is 0 Å². The number of aliphatic hydroxyl groups is 1. The third-order valence-electron chi connectivity index (χ3n) is 5.45. The first kappa shape index (κ1) is 20.0. The molecule has 0 spiro atoms. The molecule has 3 atom stereocenters. The lowest BCUT2D eigenvalue weighted by atomic mass is 9.82. The Bertz CT molecular complexity index is 657. The Balaban J connectivity index is 1.64. The quantitative estimate of drug-likeness (QED) is 0.658. The molecule has 0 bridgehead atoms. The topological polar surface area (TPSA) is 29.5 Å². The summed E-state index contributed by atoms with van der Waals surface area (Å²) in [6, 6.07) is 19.4. The lowest BCUT2D eigenvalue weighted by Crippen LogP contribution is -2.32. The van der Waals surface area contributed by atoms with Gasteiger partial charge >= 0.3 is 0 Å². The maximum absolute atomic E-state index is 14.8. The van der Waals surface area contributed by atoms with Gasteiger partial charge in [0.15, 0.2) is 6.17 Å². The zero-order chi connectivity index (χ0) is 19.1. The van der Waals surface area contributed by atoms with Crippen LogP contribution in [0, 0.1) is 0 Å². The van der Waals surface area contributed by atoms with Crippen molar-refractivity contribution in [2.75, 3.05) is 6.61 Å². The fourth-order valence-corrected chi connectivity index (χ4v) is 3.92. The summed E-state index contributed by atoms with van der Waals surface area (Å²) in [6.45, 7) is -0.370. The first-order valence-corrected chi connectivity index (χ1v) is 9.83. The van der Waals surface area contributed by atoms with E-state index in [0.29, 0.717) is 11.5 Å². The van der Waals surface area contributed by atoms with Crippen LogP contribution < -0.4 is 0 Å². The number of aliphatic hydroxyl groups excluding tert-OH is 1. The van der Waals surface area contributed by atoms with Crippen LogP contribution in [0.1, 0.15) is 55.3 Å². The van der Waals surface area contributed by atoms with Crippen molar-refractivity contribution in [1.82, 2.24) is 0 Å². The summed E-state index contributed by atoms with van der Waals surface area (Å²) in [6.07, 6.45) is -1.09. The molecule has 0 aliphatic heterocycles. The van der Waals surface area contributed by atoms with E-state index < -0.39 is 18.4 Å². The van der Waals surface area contributed by atoms with Crippen molar-refractivity contribution < 1.29 is 18.6 Å². The molecule has 0 radical (unpaired) electrons. The predicted octanol–water partition coefficient (Wildman–Crippen LogP) is 5.53. The van der Waals surface area contributed by atoms with Crippen LogP contribution in [0.15, 0.2) is 60.7 Å². The van der Waals surface area contributed by atoms with Crippen LogP contribution in [0.3, 0.4) is 0 Å². The minimum absolute atomic E-state index is 0.0743. The van der Waals surface area contributed by atoms with Gasteiger partial charge in [0.25, 0.3) is 0 Å². The van der Waals surface area contributed by atoms with Crippen molar-refractivity contribution in [3.05, 3.63) is 71.8 Å². The van der Waals surface area contributed by atoms with E-state index in [1.807, 2.05) is 24.3 Å². The fourth-order valence-electron chi connectivity index (χ4n) is 3.92. The smallest absolute Gasteiger partial charge is 0.161 e. The molecule has 0 aromatic heterocycles.